The Kier molecular flexibility index (Phi) is 4.55. The van der Waals surface area contributed by atoms with Crippen LogP contribution in [0.2, 0.25) is 0 Å². The second-order valence-corrected chi connectivity index (χ2v) is 4.22. The van der Waals surface area contributed by atoms with Crippen molar-refractivity contribution in [3.63, 3.8) is 0 Å². The lowest BCUT2D eigenvalue weighted by Gasteiger charge is -2.10. The number of hydrogen-bond donors (Lipinski definition) is 2. The van der Waals surface area contributed by atoms with Gasteiger partial charge in [-0.3, -0.25) is 4.79 Å². The van der Waals surface area contributed by atoms with Crippen LogP contribution in [0.4, 0.5) is 5.82 Å². The highest BCUT2D eigenvalue weighted by Crippen LogP contribution is 2.27. The Labute approximate surface area is 122 Å². The number of methoxy groups -OCH3 is 2. The van der Waals surface area contributed by atoms with E-state index in [1.807, 2.05) is 6.07 Å². The van der Waals surface area contributed by atoms with Crippen LogP contribution in [0.5, 0.6) is 11.5 Å². The number of ether oxygens (including phenoxy) is 2. The highest BCUT2D eigenvalue weighted by atomic mass is 16.5. The third kappa shape index (κ3) is 3.59. The zero-order valence-corrected chi connectivity index (χ0v) is 11.8. The van der Waals surface area contributed by atoms with Gasteiger partial charge in [0.15, 0.2) is 17.2 Å². The fourth-order valence-electron chi connectivity index (χ4n) is 1.73. The van der Waals surface area contributed by atoms with Gasteiger partial charge in [-0.05, 0) is 29.8 Å². The van der Waals surface area contributed by atoms with E-state index in [2.05, 4.69) is 15.5 Å². The normalized spacial score (nSPS) is 10.0. The maximum Gasteiger partial charge on any atom is 0.272 e. The molecule has 7 nitrogen and oxygen atoms in total. The number of carbonyl (C=O) groups excluding carboxylic acids is 1. The second-order valence-electron chi connectivity index (χ2n) is 4.22. The number of nitrogens with one attached hydrogen (secondary N) is 1. The SMILES string of the molecule is COc1ccc(CNC(=O)c2ccc(N)nn2)cc1OC. The third-order valence-corrected chi connectivity index (χ3v) is 2.82. The topological polar surface area (TPSA) is 99.4 Å². The molecule has 1 heterocycles. The molecule has 0 bridgehead atoms. The van der Waals surface area contributed by atoms with E-state index in [1.165, 1.54) is 12.1 Å². The molecular weight excluding hydrogens is 272 g/mol. The van der Waals surface area contributed by atoms with Gasteiger partial charge in [-0.2, -0.15) is 0 Å². The lowest BCUT2D eigenvalue weighted by Crippen LogP contribution is -2.24. The van der Waals surface area contributed by atoms with Crippen LogP contribution in [0.25, 0.3) is 0 Å². The van der Waals surface area contributed by atoms with E-state index >= 15 is 0 Å². The van der Waals surface area contributed by atoms with Crippen molar-refractivity contribution >= 4 is 11.7 Å². The molecule has 2 rings (SSSR count). The van der Waals surface area contributed by atoms with Gasteiger partial charge in [-0.25, -0.2) is 0 Å². The summed E-state index contributed by atoms with van der Waals surface area (Å²) in [6.45, 7) is 0.339. The molecule has 0 atom stereocenters. The minimum absolute atomic E-state index is 0.213. The van der Waals surface area contributed by atoms with Crippen molar-refractivity contribution < 1.29 is 14.3 Å². The number of nitrogen functional groups attached to an aromatic ring is 1. The van der Waals surface area contributed by atoms with Gasteiger partial charge in [0.05, 0.1) is 14.2 Å². The number of benzene rings is 1. The van der Waals surface area contributed by atoms with Gasteiger partial charge in [-0.15, -0.1) is 10.2 Å². The third-order valence-electron chi connectivity index (χ3n) is 2.82. The van der Waals surface area contributed by atoms with Crippen molar-refractivity contribution in [3.05, 3.63) is 41.6 Å². The van der Waals surface area contributed by atoms with Crippen LogP contribution in [0, 0.1) is 0 Å². The van der Waals surface area contributed by atoms with E-state index < -0.39 is 0 Å². The van der Waals surface area contributed by atoms with Crippen LogP contribution in [0.15, 0.2) is 30.3 Å². The molecule has 3 N–H and O–H groups in total. The average Bonchev–Trinajstić information content (AvgIpc) is 2.52. The molecule has 1 aromatic carbocycles. The van der Waals surface area contributed by atoms with Gasteiger partial charge >= 0.3 is 0 Å². The maximum absolute atomic E-state index is 11.9. The first-order chi connectivity index (χ1) is 10.1. The molecule has 7 heteroatoms. The van der Waals surface area contributed by atoms with E-state index in [4.69, 9.17) is 15.2 Å². The van der Waals surface area contributed by atoms with Gasteiger partial charge in [0, 0.05) is 6.54 Å². The van der Waals surface area contributed by atoms with Crippen LogP contribution in [-0.4, -0.2) is 30.3 Å². The molecular formula is C14H16N4O3. The lowest BCUT2D eigenvalue weighted by molar-refractivity contribution is 0.0945. The predicted molar refractivity (Wildman–Crippen MR) is 77.2 cm³/mol. The molecule has 21 heavy (non-hydrogen) atoms. The number of amides is 1. The van der Waals surface area contributed by atoms with E-state index in [0.29, 0.717) is 18.0 Å². The first kappa shape index (κ1) is 14.6. The molecule has 0 aliphatic carbocycles. The maximum atomic E-state index is 11.9. The highest BCUT2D eigenvalue weighted by Gasteiger charge is 2.09. The Bertz CT molecular complexity index is 629. The van der Waals surface area contributed by atoms with Crippen molar-refractivity contribution in [3.8, 4) is 11.5 Å². The molecule has 110 valence electrons. The average molecular weight is 288 g/mol. The molecule has 0 aliphatic heterocycles. The Morgan fingerprint density at radius 2 is 1.90 bits per heavy atom. The van der Waals surface area contributed by atoms with E-state index in [1.54, 1.807) is 26.4 Å². The summed E-state index contributed by atoms with van der Waals surface area (Å²) in [5.74, 6) is 1.19. The number of anilines is 1. The monoisotopic (exact) mass is 288 g/mol. The number of nitrogens with two attached hydrogens (primary N) is 1. The minimum Gasteiger partial charge on any atom is -0.493 e. The summed E-state index contributed by atoms with van der Waals surface area (Å²) in [6, 6.07) is 8.47. The van der Waals surface area contributed by atoms with Gasteiger partial charge < -0.3 is 20.5 Å². The highest BCUT2D eigenvalue weighted by molar-refractivity contribution is 5.92. The van der Waals surface area contributed by atoms with Crippen molar-refractivity contribution in [2.45, 2.75) is 6.54 Å². The standard InChI is InChI=1S/C14H16N4O3/c1-20-11-5-3-9(7-12(11)21-2)8-16-14(19)10-4-6-13(15)18-17-10/h3-7H,8H2,1-2H3,(H2,15,18)(H,16,19). The van der Waals surface area contributed by atoms with Gasteiger partial charge in [-0.1, -0.05) is 6.07 Å². The van der Waals surface area contributed by atoms with Crippen molar-refractivity contribution in [1.29, 1.82) is 0 Å². The van der Waals surface area contributed by atoms with Gasteiger partial charge in [0.1, 0.15) is 5.82 Å². The number of nitrogens with zero attached hydrogens (tertiary/aromatic N) is 2. The first-order valence-electron chi connectivity index (χ1n) is 6.22. The fourth-order valence-corrected chi connectivity index (χ4v) is 1.73. The quantitative estimate of drug-likeness (QED) is 0.851. The molecule has 2 aromatic rings. The van der Waals surface area contributed by atoms with E-state index in [-0.39, 0.29) is 17.4 Å². The Morgan fingerprint density at radius 3 is 2.52 bits per heavy atom. The summed E-state index contributed by atoms with van der Waals surface area (Å²) >= 11 is 0. The molecule has 0 unspecified atom stereocenters. The lowest BCUT2D eigenvalue weighted by atomic mass is 10.2. The molecule has 0 fully saturated rings. The molecule has 0 saturated carbocycles. The zero-order chi connectivity index (χ0) is 15.2. The minimum atomic E-state index is -0.322. The van der Waals surface area contributed by atoms with Gasteiger partial charge in [0.2, 0.25) is 0 Å². The van der Waals surface area contributed by atoms with Crippen LogP contribution >= 0.6 is 0 Å². The summed E-state index contributed by atoms with van der Waals surface area (Å²) < 4.78 is 10.4. The molecule has 0 radical (unpaired) electrons. The zero-order valence-electron chi connectivity index (χ0n) is 11.8. The first-order valence-corrected chi connectivity index (χ1v) is 6.22. The summed E-state index contributed by atoms with van der Waals surface area (Å²) in [5, 5.41) is 10.1. The van der Waals surface area contributed by atoms with Crippen LogP contribution in [0.1, 0.15) is 16.1 Å². The predicted octanol–water partition coefficient (Wildman–Crippen LogP) is 1.01. The second kappa shape index (κ2) is 6.56. The van der Waals surface area contributed by atoms with Crippen LogP contribution in [-0.2, 0) is 6.54 Å². The number of hydrogen-bond acceptors (Lipinski definition) is 6. The Balaban J connectivity index is 2.02. The van der Waals surface area contributed by atoms with Crippen molar-refractivity contribution in [1.82, 2.24) is 15.5 Å². The van der Waals surface area contributed by atoms with Crippen molar-refractivity contribution in [2.75, 3.05) is 20.0 Å². The molecule has 0 spiro atoms. The van der Waals surface area contributed by atoms with E-state index in [9.17, 15) is 4.79 Å². The van der Waals surface area contributed by atoms with Crippen LogP contribution < -0.4 is 20.5 Å². The largest absolute Gasteiger partial charge is 0.493 e. The van der Waals surface area contributed by atoms with Gasteiger partial charge in [0.25, 0.3) is 5.91 Å². The fraction of sp³-hybridized carbons (Fsp3) is 0.214. The molecule has 1 aromatic heterocycles. The number of rotatable bonds is 5. The molecule has 1 amide bonds. The summed E-state index contributed by atoms with van der Waals surface area (Å²) in [5.41, 5.74) is 6.51. The Hall–Kier alpha value is -2.83. The Morgan fingerprint density at radius 1 is 1.14 bits per heavy atom. The summed E-state index contributed by atoms with van der Waals surface area (Å²) in [6.07, 6.45) is 0. The number of aromatic nitrogens is 2. The van der Waals surface area contributed by atoms with E-state index in [0.717, 1.165) is 5.56 Å². The summed E-state index contributed by atoms with van der Waals surface area (Å²) in [4.78, 5) is 11.9. The molecule has 0 aliphatic rings. The molecule has 0 saturated heterocycles. The van der Waals surface area contributed by atoms with Crippen LogP contribution in [0.3, 0.4) is 0 Å². The van der Waals surface area contributed by atoms with Crippen molar-refractivity contribution in [2.24, 2.45) is 0 Å². The smallest absolute Gasteiger partial charge is 0.272 e. The number of carbonyl (C=O) groups is 1. The summed E-state index contributed by atoms with van der Waals surface area (Å²) in [7, 11) is 3.13.